The van der Waals surface area contributed by atoms with Crippen LogP contribution in [0.1, 0.15) is 47.8 Å². The first-order valence-electron chi connectivity index (χ1n) is 9.26. The number of benzene rings is 2. The molecule has 0 aliphatic carbocycles. The summed E-state index contributed by atoms with van der Waals surface area (Å²) in [4.78, 5) is 25.5. The molecular weight excluding hydrogens is 380 g/mol. The molecule has 0 aliphatic heterocycles. The van der Waals surface area contributed by atoms with Crippen LogP contribution in [0.3, 0.4) is 0 Å². The Bertz CT molecular complexity index is 1100. The molecular formula is C22H21F2NO4. The molecule has 0 saturated carbocycles. The Morgan fingerprint density at radius 2 is 1.86 bits per heavy atom. The second-order valence-corrected chi connectivity index (χ2v) is 6.86. The Kier molecular flexibility index (Phi) is 5.68. The molecule has 29 heavy (non-hydrogen) atoms. The van der Waals surface area contributed by atoms with E-state index in [1.165, 1.54) is 22.8 Å². The number of carbonyl (C=O) groups is 2. The lowest BCUT2D eigenvalue weighted by atomic mass is 9.98. The quantitative estimate of drug-likeness (QED) is 0.631. The summed E-state index contributed by atoms with van der Waals surface area (Å²) in [5.74, 6) is -3.90. The summed E-state index contributed by atoms with van der Waals surface area (Å²) >= 11 is 0. The molecule has 1 heterocycles. The van der Waals surface area contributed by atoms with E-state index in [2.05, 4.69) is 0 Å². The van der Waals surface area contributed by atoms with Gasteiger partial charge in [0, 0.05) is 16.6 Å². The van der Waals surface area contributed by atoms with Gasteiger partial charge in [-0.15, -0.1) is 0 Å². The van der Waals surface area contributed by atoms with Gasteiger partial charge in [0.2, 0.25) is 0 Å². The van der Waals surface area contributed by atoms with Crippen LogP contribution in [-0.2, 0) is 9.53 Å². The van der Waals surface area contributed by atoms with E-state index in [-0.39, 0.29) is 17.9 Å². The van der Waals surface area contributed by atoms with Gasteiger partial charge in [0.15, 0.2) is 11.6 Å². The molecule has 0 spiro atoms. The number of phenols is 1. The van der Waals surface area contributed by atoms with E-state index in [1.807, 2.05) is 6.92 Å². The van der Waals surface area contributed by atoms with Crippen molar-refractivity contribution in [1.29, 1.82) is 0 Å². The SMILES string of the molecule is CCCOC(=O)[C@@H](C)c1c(C)n(C(=O)c2ccc(F)c(F)c2)c2ccc(O)cc12. The number of halogens is 2. The second-order valence-electron chi connectivity index (χ2n) is 6.86. The van der Waals surface area contributed by atoms with Crippen LogP contribution in [0.5, 0.6) is 5.75 Å². The predicted octanol–water partition coefficient (Wildman–Crippen LogP) is 4.68. The Morgan fingerprint density at radius 3 is 2.52 bits per heavy atom. The van der Waals surface area contributed by atoms with Crippen molar-refractivity contribution >= 4 is 22.8 Å². The molecule has 1 aromatic heterocycles. The molecule has 3 aromatic rings. The van der Waals surface area contributed by atoms with Crippen molar-refractivity contribution in [2.45, 2.75) is 33.1 Å². The maximum atomic E-state index is 13.6. The Morgan fingerprint density at radius 1 is 1.14 bits per heavy atom. The van der Waals surface area contributed by atoms with Crippen molar-refractivity contribution < 1.29 is 28.2 Å². The molecule has 0 bridgehead atoms. The molecule has 2 aromatic carbocycles. The minimum absolute atomic E-state index is 0.0229. The first kappa shape index (κ1) is 20.5. The average Bonchev–Trinajstić information content (AvgIpc) is 2.97. The van der Waals surface area contributed by atoms with Gasteiger partial charge in [0.1, 0.15) is 5.75 Å². The highest BCUT2D eigenvalue weighted by Gasteiger charge is 2.28. The number of phenolic OH excluding ortho intramolecular Hbond substituents is 1. The third-order valence-electron chi connectivity index (χ3n) is 4.84. The summed E-state index contributed by atoms with van der Waals surface area (Å²) in [6, 6.07) is 7.36. The maximum Gasteiger partial charge on any atom is 0.313 e. The summed E-state index contributed by atoms with van der Waals surface area (Å²) in [6.45, 7) is 5.48. The van der Waals surface area contributed by atoms with Crippen LogP contribution >= 0.6 is 0 Å². The van der Waals surface area contributed by atoms with Crippen LogP contribution in [0.2, 0.25) is 0 Å². The van der Waals surface area contributed by atoms with Crippen molar-refractivity contribution in [2.24, 2.45) is 0 Å². The number of fused-ring (bicyclic) bond motifs is 1. The molecule has 1 N–H and O–H groups in total. The number of carbonyl (C=O) groups excluding carboxylic acids is 2. The molecule has 1 atom stereocenters. The monoisotopic (exact) mass is 401 g/mol. The zero-order valence-corrected chi connectivity index (χ0v) is 16.3. The van der Waals surface area contributed by atoms with Gasteiger partial charge in [-0.2, -0.15) is 0 Å². The topological polar surface area (TPSA) is 68.5 Å². The van der Waals surface area contributed by atoms with Crippen molar-refractivity contribution in [2.75, 3.05) is 6.61 Å². The minimum atomic E-state index is -1.13. The summed E-state index contributed by atoms with van der Waals surface area (Å²) in [7, 11) is 0. The molecule has 0 saturated heterocycles. The Hall–Kier alpha value is -3.22. The van der Waals surface area contributed by atoms with Gasteiger partial charge >= 0.3 is 5.97 Å². The third-order valence-corrected chi connectivity index (χ3v) is 4.84. The molecule has 0 fully saturated rings. The normalized spacial score (nSPS) is 12.2. The highest BCUT2D eigenvalue weighted by Crippen LogP contribution is 2.35. The third kappa shape index (κ3) is 3.72. The smallest absolute Gasteiger partial charge is 0.313 e. The molecule has 152 valence electrons. The maximum absolute atomic E-state index is 13.6. The van der Waals surface area contributed by atoms with Crippen LogP contribution in [-0.4, -0.2) is 28.2 Å². The van der Waals surface area contributed by atoms with E-state index in [1.54, 1.807) is 19.9 Å². The van der Waals surface area contributed by atoms with Crippen LogP contribution in [0.15, 0.2) is 36.4 Å². The van der Waals surface area contributed by atoms with E-state index < -0.39 is 29.4 Å². The van der Waals surface area contributed by atoms with Crippen molar-refractivity contribution in [3.63, 3.8) is 0 Å². The van der Waals surface area contributed by atoms with Crippen LogP contribution in [0.25, 0.3) is 10.9 Å². The number of ether oxygens (including phenoxy) is 1. The standard InChI is InChI=1S/C22H21F2NO4/c1-4-9-29-22(28)12(2)20-13(3)25(19-8-6-15(26)11-16(19)20)21(27)14-5-7-17(23)18(24)10-14/h5-8,10-12,26H,4,9H2,1-3H3/t12-/m0/s1. The molecule has 3 rings (SSSR count). The average molecular weight is 401 g/mol. The van der Waals surface area contributed by atoms with Gasteiger partial charge in [-0.1, -0.05) is 6.92 Å². The highest BCUT2D eigenvalue weighted by molar-refractivity contribution is 6.05. The van der Waals surface area contributed by atoms with Crippen molar-refractivity contribution in [3.8, 4) is 5.75 Å². The molecule has 0 unspecified atom stereocenters. The minimum Gasteiger partial charge on any atom is -0.508 e. The number of esters is 1. The largest absolute Gasteiger partial charge is 0.508 e. The summed E-state index contributed by atoms with van der Waals surface area (Å²) < 4.78 is 33.5. The number of aromatic hydroxyl groups is 1. The Labute approximate surface area is 166 Å². The van der Waals surface area contributed by atoms with E-state index in [0.29, 0.717) is 28.6 Å². The highest BCUT2D eigenvalue weighted by atomic mass is 19.2. The zero-order valence-electron chi connectivity index (χ0n) is 16.3. The van der Waals surface area contributed by atoms with E-state index in [4.69, 9.17) is 4.74 Å². The number of rotatable bonds is 5. The lowest BCUT2D eigenvalue weighted by molar-refractivity contribution is -0.145. The fraction of sp³-hybridized carbons (Fsp3) is 0.273. The van der Waals surface area contributed by atoms with Gasteiger partial charge in [0.05, 0.1) is 18.0 Å². The van der Waals surface area contributed by atoms with Gasteiger partial charge in [0.25, 0.3) is 5.91 Å². The van der Waals surface area contributed by atoms with Gasteiger partial charge in [-0.05, 0) is 62.2 Å². The first-order valence-corrected chi connectivity index (χ1v) is 9.26. The van der Waals surface area contributed by atoms with Crippen LogP contribution in [0, 0.1) is 18.6 Å². The summed E-state index contributed by atoms with van der Waals surface area (Å²) in [6.07, 6.45) is 0.675. The number of nitrogens with zero attached hydrogens (tertiary/aromatic N) is 1. The molecule has 0 radical (unpaired) electrons. The van der Waals surface area contributed by atoms with Gasteiger partial charge in [-0.3, -0.25) is 14.2 Å². The lowest BCUT2D eigenvalue weighted by Crippen LogP contribution is -2.17. The Balaban J connectivity index is 2.18. The number of aromatic nitrogens is 1. The van der Waals surface area contributed by atoms with Gasteiger partial charge < -0.3 is 9.84 Å². The van der Waals surface area contributed by atoms with Gasteiger partial charge in [-0.25, -0.2) is 8.78 Å². The van der Waals surface area contributed by atoms with E-state index >= 15 is 0 Å². The molecule has 5 nitrogen and oxygen atoms in total. The zero-order chi connectivity index (χ0) is 21.3. The fourth-order valence-electron chi connectivity index (χ4n) is 3.44. The number of hydrogen-bond acceptors (Lipinski definition) is 4. The summed E-state index contributed by atoms with van der Waals surface area (Å²) in [5.41, 5.74) is 1.40. The van der Waals surface area contributed by atoms with E-state index in [0.717, 1.165) is 12.1 Å². The second kappa shape index (κ2) is 8.03. The van der Waals surface area contributed by atoms with Crippen LogP contribution < -0.4 is 0 Å². The van der Waals surface area contributed by atoms with Crippen molar-refractivity contribution in [1.82, 2.24) is 4.57 Å². The lowest BCUT2D eigenvalue weighted by Gasteiger charge is -2.13. The van der Waals surface area contributed by atoms with Crippen molar-refractivity contribution in [3.05, 3.63) is 64.9 Å². The first-order chi connectivity index (χ1) is 13.8. The fourth-order valence-corrected chi connectivity index (χ4v) is 3.44. The predicted molar refractivity (Wildman–Crippen MR) is 104 cm³/mol. The summed E-state index contributed by atoms with van der Waals surface area (Å²) in [5, 5.41) is 10.5. The molecule has 7 heteroatoms. The van der Waals surface area contributed by atoms with E-state index in [9.17, 15) is 23.5 Å². The number of hydrogen-bond donors (Lipinski definition) is 1. The van der Waals surface area contributed by atoms with Crippen LogP contribution in [0.4, 0.5) is 8.78 Å². The molecule has 0 amide bonds. The molecule has 0 aliphatic rings.